The van der Waals surface area contributed by atoms with Gasteiger partial charge in [-0.2, -0.15) is 0 Å². The fraction of sp³-hybridized carbons (Fsp3) is 0.619. The molecule has 6 heteroatoms. The lowest BCUT2D eigenvalue weighted by atomic mass is 9.86. The summed E-state index contributed by atoms with van der Waals surface area (Å²) in [4.78, 5) is 28.7. The van der Waals surface area contributed by atoms with Crippen LogP contribution in [0.3, 0.4) is 0 Å². The van der Waals surface area contributed by atoms with Crippen molar-refractivity contribution in [1.82, 2.24) is 9.80 Å². The van der Waals surface area contributed by atoms with Gasteiger partial charge in [-0.05, 0) is 36.5 Å². The number of hydrogen-bond acceptors (Lipinski definition) is 4. The molecule has 1 aliphatic heterocycles. The van der Waals surface area contributed by atoms with Gasteiger partial charge < -0.3 is 20.3 Å². The van der Waals surface area contributed by atoms with E-state index in [1.165, 1.54) is 5.56 Å². The van der Waals surface area contributed by atoms with Gasteiger partial charge in [0.25, 0.3) is 5.91 Å². The lowest BCUT2D eigenvalue weighted by Crippen LogP contribution is -2.58. The second-order valence-corrected chi connectivity index (χ2v) is 8.25. The number of piperazine rings is 1. The van der Waals surface area contributed by atoms with E-state index in [0.29, 0.717) is 31.9 Å². The highest BCUT2D eigenvalue weighted by Crippen LogP contribution is 2.20. The number of hydrogen-bond donors (Lipinski definition) is 1. The molecule has 1 heterocycles. The molecule has 2 amide bonds. The van der Waals surface area contributed by atoms with Crippen molar-refractivity contribution in [2.75, 3.05) is 26.2 Å². The predicted molar refractivity (Wildman–Crippen MR) is 107 cm³/mol. The topological polar surface area (TPSA) is 75.9 Å². The smallest absolute Gasteiger partial charge is 0.263 e. The van der Waals surface area contributed by atoms with Crippen LogP contribution in [0.4, 0.5) is 0 Å². The third-order valence-electron chi connectivity index (χ3n) is 5.09. The van der Waals surface area contributed by atoms with E-state index in [4.69, 9.17) is 10.5 Å². The predicted octanol–water partition coefficient (Wildman–Crippen LogP) is 2.06. The molecule has 2 rings (SSSR count). The van der Waals surface area contributed by atoms with E-state index in [1.807, 2.05) is 45.0 Å². The van der Waals surface area contributed by atoms with Crippen LogP contribution >= 0.6 is 0 Å². The number of rotatable bonds is 5. The molecule has 2 atom stereocenters. The van der Waals surface area contributed by atoms with Gasteiger partial charge in [0, 0.05) is 26.2 Å². The Hall–Kier alpha value is -2.08. The maximum atomic E-state index is 12.7. The lowest BCUT2D eigenvalue weighted by molar-refractivity contribution is -0.145. The number of nitrogens with zero attached hydrogens (tertiary/aromatic N) is 2. The Bertz CT molecular complexity index is 644. The van der Waals surface area contributed by atoms with E-state index in [-0.39, 0.29) is 17.2 Å². The van der Waals surface area contributed by atoms with E-state index in [1.54, 1.807) is 16.7 Å². The second-order valence-electron chi connectivity index (χ2n) is 8.25. The van der Waals surface area contributed by atoms with Crippen LogP contribution in [0.5, 0.6) is 5.75 Å². The Balaban J connectivity index is 1.87. The zero-order valence-corrected chi connectivity index (χ0v) is 17.2. The van der Waals surface area contributed by atoms with Crippen LogP contribution in [0.25, 0.3) is 0 Å². The zero-order chi connectivity index (χ0) is 20.2. The average Bonchev–Trinajstić information content (AvgIpc) is 2.66. The molecule has 1 aliphatic rings. The van der Waals surface area contributed by atoms with Gasteiger partial charge in [0.1, 0.15) is 5.75 Å². The molecule has 1 saturated heterocycles. The molecular formula is C21H33N3O3. The Morgan fingerprint density at radius 3 is 1.96 bits per heavy atom. The monoisotopic (exact) mass is 375 g/mol. The first-order chi connectivity index (χ1) is 12.6. The van der Waals surface area contributed by atoms with Crippen LogP contribution in [0, 0.1) is 5.41 Å². The minimum absolute atomic E-state index is 0.0464. The van der Waals surface area contributed by atoms with Crippen LogP contribution in [0.1, 0.15) is 40.2 Å². The normalized spacial score (nSPS) is 17.4. The minimum atomic E-state index is -0.559. The molecule has 0 spiro atoms. The molecular weight excluding hydrogens is 342 g/mol. The quantitative estimate of drug-likeness (QED) is 0.855. The Kier molecular flexibility index (Phi) is 6.87. The summed E-state index contributed by atoms with van der Waals surface area (Å²) in [6, 6.07) is 7.28. The van der Waals surface area contributed by atoms with Gasteiger partial charge in [-0.15, -0.1) is 0 Å². The molecule has 1 aromatic carbocycles. The SMILES string of the molecule is CCc1ccc(OC(C)C(=O)N2CCN(C(=O)[C@@H](N)C(C)(C)C)CC2)cc1. The summed E-state index contributed by atoms with van der Waals surface area (Å²) in [7, 11) is 0. The molecule has 1 aromatic rings. The Morgan fingerprint density at radius 1 is 1.04 bits per heavy atom. The van der Waals surface area contributed by atoms with Crippen molar-refractivity contribution >= 4 is 11.8 Å². The highest BCUT2D eigenvalue weighted by Gasteiger charge is 2.34. The van der Waals surface area contributed by atoms with Crippen molar-refractivity contribution in [2.24, 2.45) is 11.1 Å². The summed E-state index contributed by atoms with van der Waals surface area (Å²) in [6.07, 6.45) is 0.410. The van der Waals surface area contributed by atoms with Gasteiger partial charge >= 0.3 is 0 Å². The number of carbonyl (C=O) groups is 2. The summed E-state index contributed by atoms with van der Waals surface area (Å²) in [5, 5.41) is 0. The Labute approximate surface area is 162 Å². The highest BCUT2D eigenvalue weighted by atomic mass is 16.5. The van der Waals surface area contributed by atoms with Crippen molar-refractivity contribution in [2.45, 2.75) is 53.2 Å². The number of ether oxygens (including phenoxy) is 1. The van der Waals surface area contributed by atoms with E-state index in [0.717, 1.165) is 6.42 Å². The third-order valence-corrected chi connectivity index (χ3v) is 5.09. The minimum Gasteiger partial charge on any atom is -0.481 e. The molecule has 2 N–H and O–H groups in total. The van der Waals surface area contributed by atoms with E-state index in [9.17, 15) is 9.59 Å². The molecule has 150 valence electrons. The zero-order valence-electron chi connectivity index (χ0n) is 17.2. The van der Waals surface area contributed by atoms with Crippen molar-refractivity contribution in [3.05, 3.63) is 29.8 Å². The van der Waals surface area contributed by atoms with Crippen molar-refractivity contribution in [1.29, 1.82) is 0 Å². The molecule has 0 aromatic heterocycles. The van der Waals surface area contributed by atoms with Crippen molar-refractivity contribution in [3.8, 4) is 5.75 Å². The molecule has 1 unspecified atom stereocenters. The van der Waals surface area contributed by atoms with Gasteiger partial charge in [0.2, 0.25) is 5.91 Å². The number of nitrogens with two attached hydrogens (primary N) is 1. The first-order valence-electron chi connectivity index (χ1n) is 9.72. The molecule has 0 radical (unpaired) electrons. The summed E-state index contributed by atoms with van der Waals surface area (Å²) in [6.45, 7) is 11.8. The summed E-state index contributed by atoms with van der Waals surface area (Å²) in [5.74, 6) is 0.592. The third kappa shape index (κ3) is 5.45. The summed E-state index contributed by atoms with van der Waals surface area (Å²) in [5.41, 5.74) is 7.04. The molecule has 1 fully saturated rings. The fourth-order valence-corrected chi connectivity index (χ4v) is 3.03. The molecule has 0 aliphatic carbocycles. The van der Waals surface area contributed by atoms with E-state index < -0.39 is 12.1 Å². The highest BCUT2D eigenvalue weighted by molar-refractivity contribution is 5.84. The molecule has 27 heavy (non-hydrogen) atoms. The molecule has 6 nitrogen and oxygen atoms in total. The largest absolute Gasteiger partial charge is 0.481 e. The first kappa shape index (κ1) is 21.2. The summed E-state index contributed by atoms with van der Waals surface area (Å²) < 4.78 is 5.79. The van der Waals surface area contributed by atoms with Gasteiger partial charge in [0.15, 0.2) is 6.10 Å². The van der Waals surface area contributed by atoms with Crippen LogP contribution in [-0.2, 0) is 16.0 Å². The number of carbonyl (C=O) groups excluding carboxylic acids is 2. The van der Waals surface area contributed by atoms with E-state index >= 15 is 0 Å². The summed E-state index contributed by atoms with van der Waals surface area (Å²) >= 11 is 0. The molecule has 0 bridgehead atoms. The van der Waals surface area contributed by atoms with Crippen LogP contribution in [-0.4, -0.2) is 59.9 Å². The second kappa shape index (κ2) is 8.74. The average molecular weight is 376 g/mol. The van der Waals surface area contributed by atoms with Crippen molar-refractivity contribution < 1.29 is 14.3 Å². The van der Waals surface area contributed by atoms with Gasteiger partial charge in [-0.25, -0.2) is 0 Å². The van der Waals surface area contributed by atoms with Crippen LogP contribution in [0.15, 0.2) is 24.3 Å². The Morgan fingerprint density at radius 2 is 1.52 bits per heavy atom. The van der Waals surface area contributed by atoms with Crippen LogP contribution in [0.2, 0.25) is 0 Å². The van der Waals surface area contributed by atoms with Gasteiger partial charge in [-0.1, -0.05) is 39.8 Å². The van der Waals surface area contributed by atoms with Crippen molar-refractivity contribution in [3.63, 3.8) is 0 Å². The first-order valence-corrected chi connectivity index (χ1v) is 9.72. The van der Waals surface area contributed by atoms with Gasteiger partial charge in [0.05, 0.1) is 6.04 Å². The number of aryl methyl sites for hydroxylation is 1. The standard InChI is InChI=1S/C21H33N3O3/c1-6-16-7-9-17(10-8-16)27-15(2)19(25)23-11-13-24(14-12-23)20(26)18(22)21(3,4)5/h7-10,15,18H,6,11-14,22H2,1-5H3/t15?,18-/m1/s1. The fourth-order valence-electron chi connectivity index (χ4n) is 3.03. The number of benzene rings is 1. The van der Waals surface area contributed by atoms with Gasteiger partial charge in [-0.3, -0.25) is 9.59 Å². The molecule has 0 saturated carbocycles. The number of amides is 2. The maximum absolute atomic E-state index is 12.7. The lowest BCUT2D eigenvalue weighted by Gasteiger charge is -2.38. The van der Waals surface area contributed by atoms with Crippen LogP contribution < -0.4 is 10.5 Å². The van der Waals surface area contributed by atoms with E-state index in [2.05, 4.69) is 6.92 Å². The maximum Gasteiger partial charge on any atom is 0.263 e.